The molecular formula is C16H18N4O. The Labute approximate surface area is 123 Å². The van der Waals surface area contributed by atoms with Gasteiger partial charge in [0.05, 0.1) is 17.4 Å². The van der Waals surface area contributed by atoms with Crippen molar-refractivity contribution in [1.29, 1.82) is 0 Å². The van der Waals surface area contributed by atoms with E-state index < -0.39 is 0 Å². The monoisotopic (exact) mass is 282 g/mol. The summed E-state index contributed by atoms with van der Waals surface area (Å²) in [6.45, 7) is 2.87. The number of anilines is 2. The molecule has 108 valence electrons. The van der Waals surface area contributed by atoms with Crippen molar-refractivity contribution in [1.82, 2.24) is 4.98 Å². The molecule has 1 aromatic carbocycles. The maximum Gasteiger partial charge on any atom is 0.260 e. The number of nitrogens with one attached hydrogen (secondary N) is 1. The lowest BCUT2D eigenvalue weighted by Gasteiger charge is -2.33. The smallest absolute Gasteiger partial charge is 0.260 e. The van der Waals surface area contributed by atoms with Crippen LogP contribution >= 0.6 is 0 Å². The minimum Gasteiger partial charge on any atom is -0.322 e. The fourth-order valence-electron chi connectivity index (χ4n) is 2.83. The molecule has 3 rings (SSSR count). The van der Waals surface area contributed by atoms with Crippen molar-refractivity contribution in [3.63, 3.8) is 0 Å². The fraction of sp³-hybridized carbons (Fsp3) is 0.250. The highest BCUT2D eigenvalue weighted by Crippen LogP contribution is 2.31. The van der Waals surface area contributed by atoms with Crippen LogP contribution in [0, 0.1) is 5.92 Å². The molecule has 5 heteroatoms. The number of nitrogens with two attached hydrogens (primary N) is 1. The molecule has 0 saturated heterocycles. The predicted octanol–water partition coefficient (Wildman–Crippen LogP) is 2.21. The zero-order chi connectivity index (χ0) is 14.8. The van der Waals surface area contributed by atoms with Gasteiger partial charge in [0.25, 0.3) is 5.91 Å². The Hall–Kier alpha value is -2.40. The molecule has 5 nitrogen and oxygen atoms in total. The standard InChI is InChI=1S/C16H18N4O/c1-11-8-12-4-2-3-5-15(12)20(10-11)16(21)13-6-7-18-9-14(13)19-17/h2-7,9,11,19H,8,10,17H2,1H3. The highest BCUT2D eigenvalue weighted by atomic mass is 16.2. The lowest BCUT2D eigenvalue weighted by molar-refractivity contribution is 0.0981. The average molecular weight is 282 g/mol. The van der Waals surface area contributed by atoms with E-state index in [1.54, 1.807) is 18.5 Å². The van der Waals surface area contributed by atoms with Gasteiger partial charge in [-0.3, -0.25) is 15.6 Å². The minimum atomic E-state index is -0.0515. The van der Waals surface area contributed by atoms with Gasteiger partial charge in [0.2, 0.25) is 0 Å². The van der Waals surface area contributed by atoms with Crippen LogP contribution in [0.25, 0.3) is 0 Å². The van der Waals surface area contributed by atoms with E-state index in [1.165, 1.54) is 5.56 Å². The van der Waals surface area contributed by atoms with Gasteiger partial charge in [0.15, 0.2) is 0 Å². The Morgan fingerprint density at radius 3 is 3.00 bits per heavy atom. The molecular weight excluding hydrogens is 264 g/mol. The third-order valence-corrected chi connectivity index (χ3v) is 3.80. The topological polar surface area (TPSA) is 71.2 Å². The second-order valence-electron chi connectivity index (χ2n) is 5.42. The summed E-state index contributed by atoms with van der Waals surface area (Å²) in [6, 6.07) is 9.75. The number of aromatic nitrogens is 1. The van der Waals surface area contributed by atoms with Gasteiger partial charge in [-0.2, -0.15) is 0 Å². The van der Waals surface area contributed by atoms with Crippen molar-refractivity contribution < 1.29 is 4.79 Å². The molecule has 1 unspecified atom stereocenters. The predicted molar refractivity (Wildman–Crippen MR) is 83.0 cm³/mol. The van der Waals surface area contributed by atoms with Crippen LogP contribution in [0.5, 0.6) is 0 Å². The van der Waals surface area contributed by atoms with Gasteiger partial charge in [-0.15, -0.1) is 0 Å². The van der Waals surface area contributed by atoms with Crippen molar-refractivity contribution in [3.05, 3.63) is 53.9 Å². The van der Waals surface area contributed by atoms with Crippen LogP contribution < -0.4 is 16.2 Å². The van der Waals surface area contributed by atoms with Crippen molar-refractivity contribution in [2.75, 3.05) is 16.9 Å². The summed E-state index contributed by atoms with van der Waals surface area (Å²) in [7, 11) is 0. The van der Waals surface area contributed by atoms with E-state index in [0.29, 0.717) is 23.7 Å². The molecule has 21 heavy (non-hydrogen) atoms. The maximum atomic E-state index is 12.9. The van der Waals surface area contributed by atoms with Gasteiger partial charge in [0, 0.05) is 18.4 Å². The summed E-state index contributed by atoms with van der Waals surface area (Å²) < 4.78 is 0. The largest absolute Gasteiger partial charge is 0.322 e. The first-order chi connectivity index (χ1) is 10.2. The quantitative estimate of drug-likeness (QED) is 0.654. The molecule has 0 spiro atoms. The number of hydrogen-bond donors (Lipinski definition) is 2. The van der Waals surface area contributed by atoms with Crippen LogP contribution in [-0.4, -0.2) is 17.4 Å². The van der Waals surface area contributed by atoms with E-state index in [1.807, 2.05) is 23.1 Å². The van der Waals surface area contributed by atoms with Crippen LogP contribution in [0.15, 0.2) is 42.7 Å². The lowest BCUT2D eigenvalue weighted by Crippen LogP contribution is -2.39. The van der Waals surface area contributed by atoms with Gasteiger partial charge < -0.3 is 10.3 Å². The van der Waals surface area contributed by atoms with Crippen LogP contribution in [0.1, 0.15) is 22.8 Å². The van der Waals surface area contributed by atoms with Crippen molar-refractivity contribution >= 4 is 17.3 Å². The van der Waals surface area contributed by atoms with Crippen LogP contribution in [0.2, 0.25) is 0 Å². The summed E-state index contributed by atoms with van der Waals surface area (Å²) in [4.78, 5) is 18.7. The van der Waals surface area contributed by atoms with Crippen LogP contribution in [0.4, 0.5) is 11.4 Å². The molecule has 3 N–H and O–H groups in total. The highest BCUT2D eigenvalue weighted by Gasteiger charge is 2.27. The van der Waals surface area contributed by atoms with Gasteiger partial charge in [-0.05, 0) is 30.0 Å². The Morgan fingerprint density at radius 1 is 1.38 bits per heavy atom. The number of benzene rings is 1. The number of fused-ring (bicyclic) bond motifs is 1. The third-order valence-electron chi connectivity index (χ3n) is 3.80. The summed E-state index contributed by atoms with van der Waals surface area (Å²) in [5.41, 5.74) is 5.81. The average Bonchev–Trinajstić information content (AvgIpc) is 2.53. The number of hydrogen-bond acceptors (Lipinski definition) is 4. The molecule has 1 atom stereocenters. The van der Waals surface area contributed by atoms with E-state index in [9.17, 15) is 4.79 Å². The first-order valence-electron chi connectivity index (χ1n) is 7.01. The molecule has 2 heterocycles. The number of nitrogen functional groups attached to an aromatic ring is 1. The Kier molecular flexibility index (Phi) is 3.58. The first kappa shape index (κ1) is 13.6. The van der Waals surface area contributed by atoms with Gasteiger partial charge in [-0.25, -0.2) is 0 Å². The minimum absolute atomic E-state index is 0.0515. The summed E-state index contributed by atoms with van der Waals surface area (Å²) in [5, 5.41) is 0. The van der Waals surface area contributed by atoms with Gasteiger partial charge >= 0.3 is 0 Å². The maximum absolute atomic E-state index is 12.9. The summed E-state index contributed by atoms with van der Waals surface area (Å²) >= 11 is 0. The van der Waals surface area contributed by atoms with E-state index >= 15 is 0 Å². The van der Waals surface area contributed by atoms with Crippen LogP contribution in [0.3, 0.4) is 0 Å². The highest BCUT2D eigenvalue weighted by molar-refractivity contribution is 6.10. The van der Waals surface area contributed by atoms with Crippen molar-refractivity contribution in [2.24, 2.45) is 11.8 Å². The second-order valence-corrected chi connectivity index (χ2v) is 5.42. The van der Waals surface area contributed by atoms with E-state index in [4.69, 9.17) is 5.84 Å². The Bertz CT molecular complexity index is 671. The zero-order valence-corrected chi connectivity index (χ0v) is 11.9. The first-order valence-corrected chi connectivity index (χ1v) is 7.01. The van der Waals surface area contributed by atoms with Crippen molar-refractivity contribution in [2.45, 2.75) is 13.3 Å². The molecule has 1 aliphatic heterocycles. The Morgan fingerprint density at radius 2 is 2.19 bits per heavy atom. The molecule has 1 aliphatic rings. The fourth-order valence-corrected chi connectivity index (χ4v) is 2.83. The number of rotatable bonds is 2. The van der Waals surface area contributed by atoms with E-state index in [0.717, 1.165) is 12.1 Å². The SMILES string of the molecule is CC1Cc2ccccc2N(C(=O)c2ccncc2NN)C1. The number of hydrazine groups is 1. The molecule has 0 aliphatic carbocycles. The van der Waals surface area contributed by atoms with Crippen molar-refractivity contribution in [3.8, 4) is 0 Å². The zero-order valence-electron chi connectivity index (χ0n) is 11.9. The summed E-state index contributed by atoms with van der Waals surface area (Å²) in [6.07, 6.45) is 4.16. The lowest BCUT2D eigenvalue weighted by atomic mass is 9.93. The number of pyridine rings is 1. The van der Waals surface area contributed by atoms with E-state index in [-0.39, 0.29) is 5.91 Å². The number of carbonyl (C=O) groups excluding carboxylic acids is 1. The molecule has 0 radical (unpaired) electrons. The third kappa shape index (κ3) is 2.48. The normalized spacial score (nSPS) is 17.2. The molecule has 0 saturated carbocycles. The Balaban J connectivity index is 2.02. The molecule has 1 amide bonds. The number of amides is 1. The number of carbonyl (C=O) groups is 1. The van der Waals surface area contributed by atoms with E-state index in [2.05, 4.69) is 23.4 Å². The molecule has 2 aromatic rings. The molecule has 0 fully saturated rings. The second kappa shape index (κ2) is 5.54. The summed E-state index contributed by atoms with van der Waals surface area (Å²) in [5.74, 6) is 5.86. The molecule has 0 bridgehead atoms. The molecule has 1 aromatic heterocycles. The van der Waals surface area contributed by atoms with Gasteiger partial charge in [0.1, 0.15) is 0 Å². The van der Waals surface area contributed by atoms with Crippen LogP contribution in [-0.2, 0) is 6.42 Å². The number of nitrogens with zero attached hydrogens (tertiary/aromatic N) is 2. The number of para-hydroxylation sites is 1. The van der Waals surface area contributed by atoms with Gasteiger partial charge in [-0.1, -0.05) is 25.1 Å².